The van der Waals surface area contributed by atoms with Gasteiger partial charge in [0.05, 0.1) is 13.2 Å². The van der Waals surface area contributed by atoms with Gasteiger partial charge in [0.25, 0.3) is 0 Å². The minimum Gasteiger partial charge on any atom is -0.493 e. The zero-order chi connectivity index (χ0) is 14.6. The van der Waals surface area contributed by atoms with Gasteiger partial charge in [0.15, 0.2) is 11.5 Å². The van der Waals surface area contributed by atoms with Gasteiger partial charge in [-0.05, 0) is 25.1 Å². The summed E-state index contributed by atoms with van der Waals surface area (Å²) in [5, 5.41) is 10.1. The van der Waals surface area contributed by atoms with Gasteiger partial charge < -0.3 is 19.5 Å². The summed E-state index contributed by atoms with van der Waals surface area (Å²) in [6.07, 6.45) is 3.36. The molecule has 4 nitrogen and oxygen atoms in total. The normalized spacial score (nSPS) is 30.8. The Bertz CT molecular complexity index is 610. The maximum atomic E-state index is 10.1. The first-order valence-electron chi connectivity index (χ1n) is 7.61. The van der Waals surface area contributed by atoms with Crippen LogP contribution in [0.2, 0.25) is 0 Å². The van der Waals surface area contributed by atoms with Crippen molar-refractivity contribution in [1.29, 1.82) is 0 Å². The van der Waals surface area contributed by atoms with Crippen LogP contribution in [0, 0.1) is 0 Å². The molecular weight excluding hydrogens is 266 g/mol. The minimum atomic E-state index is -0.394. The van der Waals surface area contributed by atoms with Crippen LogP contribution in [0.25, 0.3) is 0 Å². The summed E-state index contributed by atoms with van der Waals surface area (Å²) in [6, 6.07) is 4.16. The van der Waals surface area contributed by atoms with E-state index in [0.717, 1.165) is 31.0 Å². The van der Waals surface area contributed by atoms with Gasteiger partial charge in [0.2, 0.25) is 0 Å². The van der Waals surface area contributed by atoms with Crippen molar-refractivity contribution in [3.8, 4) is 11.5 Å². The molecule has 3 atom stereocenters. The molecule has 0 saturated heterocycles. The molecule has 0 spiro atoms. The van der Waals surface area contributed by atoms with Crippen molar-refractivity contribution in [3.05, 3.63) is 34.9 Å². The number of rotatable bonds is 1. The Morgan fingerprint density at radius 1 is 1.38 bits per heavy atom. The molecule has 4 rings (SSSR count). The van der Waals surface area contributed by atoms with Crippen molar-refractivity contribution in [2.75, 3.05) is 20.7 Å². The van der Waals surface area contributed by atoms with Crippen LogP contribution in [-0.4, -0.2) is 42.9 Å². The zero-order valence-electron chi connectivity index (χ0n) is 12.5. The summed E-state index contributed by atoms with van der Waals surface area (Å²) in [4.78, 5) is 2.33. The van der Waals surface area contributed by atoms with Crippen LogP contribution in [0.5, 0.6) is 11.5 Å². The molecule has 1 aromatic carbocycles. The molecule has 4 heteroatoms. The highest BCUT2D eigenvalue weighted by atomic mass is 16.5. The van der Waals surface area contributed by atoms with Gasteiger partial charge in [-0.15, -0.1) is 0 Å². The first-order chi connectivity index (χ1) is 10.2. The second kappa shape index (κ2) is 4.75. The molecular formula is C17H21NO3. The lowest BCUT2D eigenvalue weighted by molar-refractivity contribution is 0.111. The molecule has 0 amide bonds. The first-order valence-corrected chi connectivity index (χ1v) is 7.61. The molecule has 3 aliphatic rings. The fraction of sp³-hybridized carbons (Fsp3) is 0.529. The predicted octanol–water partition coefficient (Wildman–Crippen LogP) is 2.07. The standard InChI is InChI=1S/C17H21NO3/c1-18-6-5-10-7-12(19)8-14-15(10)16-11(9-18)3-4-13(20-2)17(16)21-14/h3-4,7,12,14-15,19H,5-6,8-9H2,1-2H3. The fourth-order valence-electron chi connectivity index (χ4n) is 3.98. The van der Waals surface area contributed by atoms with Crippen molar-refractivity contribution in [2.45, 2.75) is 37.5 Å². The number of hydrogen-bond acceptors (Lipinski definition) is 4. The van der Waals surface area contributed by atoms with E-state index in [4.69, 9.17) is 9.47 Å². The van der Waals surface area contributed by atoms with Crippen molar-refractivity contribution in [3.63, 3.8) is 0 Å². The third kappa shape index (κ3) is 1.97. The maximum absolute atomic E-state index is 10.1. The molecule has 0 aromatic heterocycles. The predicted molar refractivity (Wildman–Crippen MR) is 79.8 cm³/mol. The number of ether oxygens (including phenoxy) is 2. The largest absolute Gasteiger partial charge is 0.493 e. The molecule has 3 unspecified atom stereocenters. The van der Waals surface area contributed by atoms with Crippen molar-refractivity contribution in [1.82, 2.24) is 4.90 Å². The second-order valence-corrected chi connectivity index (χ2v) is 6.34. The van der Waals surface area contributed by atoms with Gasteiger partial charge in [0.1, 0.15) is 6.10 Å². The highest BCUT2D eigenvalue weighted by Crippen LogP contribution is 2.53. The first kappa shape index (κ1) is 13.2. The lowest BCUT2D eigenvalue weighted by atomic mass is 9.77. The monoisotopic (exact) mass is 287 g/mol. The average Bonchev–Trinajstić information content (AvgIpc) is 2.82. The Morgan fingerprint density at radius 3 is 3.05 bits per heavy atom. The Kier molecular flexibility index (Phi) is 2.98. The van der Waals surface area contributed by atoms with E-state index in [0.29, 0.717) is 12.3 Å². The summed E-state index contributed by atoms with van der Waals surface area (Å²) in [6.45, 7) is 1.96. The number of aliphatic hydroxyl groups excluding tert-OH is 1. The third-order valence-corrected chi connectivity index (χ3v) is 4.92. The Hall–Kier alpha value is -1.52. The highest BCUT2D eigenvalue weighted by Gasteiger charge is 2.44. The third-order valence-electron chi connectivity index (χ3n) is 4.92. The van der Waals surface area contributed by atoms with Gasteiger partial charge in [-0.1, -0.05) is 17.7 Å². The molecule has 0 bridgehead atoms. The van der Waals surface area contributed by atoms with Crippen LogP contribution < -0.4 is 9.47 Å². The van der Waals surface area contributed by atoms with Crippen molar-refractivity contribution < 1.29 is 14.6 Å². The molecule has 1 aliphatic carbocycles. The summed E-state index contributed by atoms with van der Waals surface area (Å²) in [5.74, 6) is 1.99. The van der Waals surface area contributed by atoms with Gasteiger partial charge >= 0.3 is 0 Å². The summed E-state index contributed by atoms with van der Waals surface area (Å²) >= 11 is 0. The molecule has 2 heterocycles. The quantitative estimate of drug-likeness (QED) is 0.803. The Morgan fingerprint density at radius 2 is 2.24 bits per heavy atom. The Balaban J connectivity index is 1.91. The number of nitrogens with zero attached hydrogens (tertiary/aromatic N) is 1. The summed E-state index contributed by atoms with van der Waals surface area (Å²) < 4.78 is 11.7. The summed E-state index contributed by atoms with van der Waals surface area (Å²) in [7, 11) is 3.83. The van der Waals surface area contributed by atoms with E-state index in [1.807, 2.05) is 12.1 Å². The number of aliphatic hydroxyl groups is 1. The zero-order valence-corrected chi connectivity index (χ0v) is 12.5. The van der Waals surface area contributed by atoms with Gasteiger partial charge in [0, 0.05) is 31.0 Å². The van der Waals surface area contributed by atoms with Crippen LogP contribution in [-0.2, 0) is 6.54 Å². The molecule has 2 aliphatic heterocycles. The van der Waals surface area contributed by atoms with Gasteiger partial charge in [-0.25, -0.2) is 0 Å². The summed E-state index contributed by atoms with van der Waals surface area (Å²) in [5.41, 5.74) is 3.92. The molecule has 0 radical (unpaired) electrons. The average molecular weight is 287 g/mol. The SMILES string of the molecule is COc1ccc2c3c1OC1CC(O)C=C(CCN(C)C2)C31. The van der Waals surface area contributed by atoms with Gasteiger partial charge in [-0.3, -0.25) is 0 Å². The van der Waals surface area contributed by atoms with Crippen molar-refractivity contribution in [2.24, 2.45) is 0 Å². The maximum Gasteiger partial charge on any atom is 0.165 e. The van der Waals surface area contributed by atoms with Crippen LogP contribution in [0.15, 0.2) is 23.8 Å². The molecule has 21 heavy (non-hydrogen) atoms. The topological polar surface area (TPSA) is 41.9 Å². The van der Waals surface area contributed by atoms with Crippen LogP contribution >= 0.6 is 0 Å². The van der Waals surface area contributed by atoms with Crippen LogP contribution in [0.1, 0.15) is 29.9 Å². The minimum absolute atomic E-state index is 0.0495. The Labute approximate surface area is 125 Å². The van der Waals surface area contributed by atoms with E-state index in [1.165, 1.54) is 16.7 Å². The van der Waals surface area contributed by atoms with E-state index in [-0.39, 0.29) is 6.10 Å². The molecule has 112 valence electrons. The lowest BCUT2D eigenvalue weighted by Crippen LogP contribution is -2.33. The van der Waals surface area contributed by atoms with Gasteiger partial charge in [-0.2, -0.15) is 0 Å². The number of hydrogen-bond donors (Lipinski definition) is 1. The van der Waals surface area contributed by atoms with E-state index in [1.54, 1.807) is 7.11 Å². The number of benzene rings is 1. The fourth-order valence-corrected chi connectivity index (χ4v) is 3.98. The van der Waals surface area contributed by atoms with E-state index in [9.17, 15) is 5.11 Å². The van der Waals surface area contributed by atoms with Crippen LogP contribution in [0.3, 0.4) is 0 Å². The van der Waals surface area contributed by atoms with Crippen LogP contribution in [0.4, 0.5) is 0 Å². The molecule has 1 N–H and O–H groups in total. The van der Waals surface area contributed by atoms with Crippen molar-refractivity contribution >= 4 is 0 Å². The molecule has 1 aromatic rings. The molecule has 0 fully saturated rings. The van der Waals surface area contributed by atoms with E-state index >= 15 is 0 Å². The molecule has 0 saturated carbocycles. The van der Waals surface area contributed by atoms with E-state index in [2.05, 4.69) is 18.0 Å². The second-order valence-electron chi connectivity index (χ2n) is 6.34. The lowest BCUT2D eigenvalue weighted by Gasteiger charge is -2.32. The smallest absolute Gasteiger partial charge is 0.165 e. The highest BCUT2D eigenvalue weighted by molar-refractivity contribution is 5.59. The number of methoxy groups -OCH3 is 1. The van der Waals surface area contributed by atoms with E-state index < -0.39 is 6.10 Å².